The molecule has 126 valence electrons. The van der Waals surface area contributed by atoms with Gasteiger partial charge in [-0.3, -0.25) is 0 Å². The molecule has 0 rings (SSSR count). The molecule has 0 aromatic heterocycles. The Hall–Kier alpha value is -0.300. The van der Waals surface area contributed by atoms with E-state index in [9.17, 15) is 5.11 Å². The molecule has 1 nitrogen and oxygen atoms in total. The van der Waals surface area contributed by atoms with Crippen LogP contribution in [0.5, 0.6) is 0 Å². The summed E-state index contributed by atoms with van der Waals surface area (Å²) in [5, 5.41) is 9.89. The first-order chi connectivity index (χ1) is 9.76. The van der Waals surface area contributed by atoms with Gasteiger partial charge >= 0.3 is 0 Å². The van der Waals surface area contributed by atoms with Crippen molar-refractivity contribution in [3.63, 3.8) is 0 Å². The summed E-state index contributed by atoms with van der Waals surface area (Å²) in [6.45, 7) is 14.9. The molecule has 0 aliphatic carbocycles. The number of rotatable bonds is 13. The fraction of sp³-hybridized carbons (Fsp3) is 0.900. The van der Waals surface area contributed by atoms with E-state index in [0.29, 0.717) is 0 Å². The molecule has 21 heavy (non-hydrogen) atoms. The molecule has 0 fully saturated rings. The minimum Gasteiger partial charge on any atom is -0.386 e. The summed E-state index contributed by atoms with van der Waals surface area (Å²) < 4.78 is 0. The van der Waals surface area contributed by atoms with E-state index >= 15 is 0 Å². The average Bonchev–Trinajstić information content (AvgIpc) is 2.38. The van der Waals surface area contributed by atoms with Crippen molar-refractivity contribution in [3.8, 4) is 0 Å². The normalized spacial score (nSPS) is 17.5. The smallest absolute Gasteiger partial charge is 0.0797 e. The van der Waals surface area contributed by atoms with Gasteiger partial charge in [-0.25, -0.2) is 0 Å². The van der Waals surface area contributed by atoms with E-state index in [-0.39, 0.29) is 0 Å². The van der Waals surface area contributed by atoms with Gasteiger partial charge in [0.05, 0.1) is 5.60 Å². The Morgan fingerprint density at radius 2 is 1.29 bits per heavy atom. The van der Waals surface area contributed by atoms with Crippen LogP contribution in [-0.4, -0.2) is 10.7 Å². The van der Waals surface area contributed by atoms with E-state index in [2.05, 4.69) is 34.3 Å². The lowest BCUT2D eigenvalue weighted by Crippen LogP contribution is -2.20. The molecule has 0 aromatic carbocycles. The molecular formula is C20H40O. The molecule has 0 unspecified atom stereocenters. The molecule has 0 radical (unpaired) electrons. The molecule has 0 aromatic rings. The molecular weight excluding hydrogens is 256 g/mol. The molecule has 3 atom stereocenters. The summed E-state index contributed by atoms with van der Waals surface area (Å²) >= 11 is 0. The van der Waals surface area contributed by atoms with Crippen LogP contribution in [0.1, 0.15) is 92.4 Å². The summed E-state index contributed by atoms with van der Waals surface area (Å²) in [6.07, 6.45) is 13.1. The summed E-state index contributed by atoms with van der Waals surface area (Å²) in [7, 11) is 0. The quantitative estimate of drug-likeness (QED) is 0.392. The first-order valence-corrected chi connectivity index (χ1v) is 9.12. The minimum atomic E-state index is -0.676. The first kappa shape index (κ1) is 20.7. The third-order valence-corrected chi connectivity index (χ3v) is 4.69. The van der Waals surface area contributed by atoms with E-state index < -0.39 is 5.60 Å². The highest BCUT2D eigenvalue weighted by molar-refractivity contribution is 4.91. The Kier molecular flexibility index (Phi) is 11.1. The minimum absolute atomic E-state index is 0.676. The lowest BCUT2D eigenvalue weighted by Gasteiger charge is -2.20. The third kappa shape index (κ3) is 13.1. The molecule has 1 N–H and O–H groups in total. The van der Waals surface area contributed by atoms with Crippen molar-refractivity contribution in [1.82, 2.24) is 0 Å². The maximum atomic E-state index is 9.89. The van der Waals surface area contributed by atoms with Gasteiger partial charge in [0, 0.05) is 0 Å². The van der Waals surface area contributed by atoms with Gasteiger partial charge in [-0.2, -0.15) is 0 Å². The van der Waals surface area contributed by atoms with Gasteiger partial charge in [-0.1, -0.05) is 85.1 Å². The zero-order valence-electron chi connectivity index (χ0n) is 15.3. The van der Waals surface area contributed by atoms with Gasteiger partial charge in [0.1, 0.15) is 0 Å². The van der Waals surface area contributed by atoms with Gasteiger partial charge in [-0.15, -0.1) is 6.58 Å². The maximum absolute atomic E-state index is 9.89. The summed E-state index contributed by atoms with van der Waals surface area (Å²) in [5.74, 6) is 2.52. The highest BCUT2D eigenvalue weighted by Gasteiger charge is 2.15. The predicted molar refractivity (Wildman–Crippen MR) is 95.5 cm³/mol. The number of aliphatic hydroxyl groups is 1. The third-order valence-electron chi connectivity index (χ3n) is 4.69. The van der Waals surface area contributed by atoms with Crippen molar-refractivity contribution in [2.75, 3.05) is 0 Å². The van der Waals surface area contributed by atoms with Gasteiger partial charge in [-0.05, 0) is 31.1 Å². The largest absolute Gasteiger partial charge is 0.386 e. The molecule has 0 aliphatic rings. The van der Waals surface area contributed by atoms with E-state index in [4.69, 9.17) is 0 Å². The Labute approximate surface area is 134 Å². The second-order valence-electron chi connectivity index (χ2n) is 7.92. The number of hydrogen-bond donors (Lipinski definition) is 1. The van der Waals surface area contributed by atoms with E-state index in [1.165, 1.54) is 44.9 Å². The standard InChI is InChI=1S/C20H40O/c1-7-20(6,21)16-10-15-19(5)14-9-13-18(4)12-8-11-17(2)3/h7,17-19,21H,1,8-16H2,2-6H3/t18-,19-,20+/m0/s1. The molecule has 1 heteroatoms. The molecule has 0 heterocycles. The maximum Gasteiger partial charge on any atom is 0.0797 e. The highest BCUT2D eigenvalue weighted by Crippen LogP contribution is 2.23. The molecule has 0 bridgehead atoms. The van der Waals surface area contributed by atoms with Crippen LogP contribution in [0.15, 0.2) is 12.7 Å². The predicted octanol–water partition coefficient (Wildman–Crippen LogP) is 6.36. The zero-order valence-corrected chi connectivity index (χ0v) is 15.3. The van der Waals surface area contributed by atoms with Crippen LogP contribution in [0.2, 0.25) is 0 Å². The zero-order chi connectivity index (χ0) is 16.3. The van der Waals surface area contributed by atoms with Crippen LogP contribution < -0.4 is 0 Å². The molecule has 0 saturated carbocycles. The van der Waals surface area contributed by atoms with E-state index in [0.717, 1.165) is 30.6 Å². The Balaban J connectivity index is 3.56. The second-order valence-corrected chi connectivity index (χ2v) is 7.92. The Bertz CT molecular complexity index is 255. The van der Waals surface area contributed by atoms with E-state index in [1.807, 2.05) is 6.92 Å². The fourth-order valence-electron chi connectivity index (χ4n) is 2.89. The van der Waals surface area contributed by atoms with Gasteiger partial charge in [0.15, 0.2) is 0 Å². The van der Waals surface area contributed by atoms with Crippen LogP contribution in [0, 0.1) is 17.8 Å². The van der Waals surface area contributed by atoms with Gasteiger partial charge < -0.3 is 5.11 Å². The first-order valence-electron chi connectivity index (χ1n) is 9.12. The van der Waals surface area contributed by atoms with Crippen molar-refractivity contribution in [2.24, 2.45) is 17.8 Å². The topological polar surface area (TPSA) is 20.2 Å². The van der Waals surface area contributed by atoms with Crippen molar-refractivity contribution >= 4 is 0 Å². The van der Waals surface area contributed by atoms with Crippen LogP contribution >= 0.6 is 0 Å². The molecule has 0 aliphatic heterocycles. The van der Waals surface area contributed by atoms with Crippen LogP contribution in [-0.2, 0) is 0 Å². The van der Waals surface area contributed by atoms with Crippen molar-refractivity contribution in [3.05, 3.63) is 12.7 Å². The van der Waals surface area contributed by atoms with Gasteiger partial charge in [0.25, 0.3) is 0 Å². The number of hydrogen-bond acceptors (Lipinski definition) is 1. The lowest BCUT2D eigenvalue weighted by atomic mass is 9.90. The summed E-state index contributed by atoms with van der Waals surface area (Å²) in [6, 6.07) is 0. The van der Waals surface area contributed by atoms with Crippen molar-refractivity contribution in [2.45, 2.75) is 98.0 Å². The molecule has 0 spiro atoms. The Morgan fingerprint density at radius 1 is 0.857 bits per heavy atom. The second kappa shape index (κ2) is 11.3. The lowest BCUT2D eigenvalue weighted by molar-refractivity contribution is 0.0974. The van der Waals surface area contributed by atoms with Crippen LogP contribution in [0.3, 0.4) is 0 Å². The SMILES string of the molecule is C=C[C@@](C)(O)CCC[C@@H](C)CCC[C@@H](C)CCCC(C)C. The van der Waals surface area contributed by atoms with Crippen LogP contribution in [0.25, 0.3) is 0 Å². The monoisotopic (exact) mass is 296 g/mol. The fourth-order valence-corrected chi connectivity index (χ4v) is 2.89. The summed E-state index contributed by atoms with van der Waals surface area (Å²) in [4.78, 5) is 0. The van der Waals surface area contributed by atoms with Crippen LogP contribution in [0.4, 0.5) is 0 Å². The highest BCUT2D eigenvalue weighted by atomic mass is 16.3. The summed E-state index contributed by atoms with van der Waals surface area (Å²) in [5.41, 5.74) is -0.676. The average molecular weight is 297 g/mol. The molecule has 0 amide bonds. The Morgan fingerprint density at radius 3 is 1.71 bits per heavy atom. The van der Waals surface area contributed by atoms with Crippen molar-refractivity contribution < 1.29 is 5.11 Å². The van der Waals surface area contributed by atoms with E-state index in [1.54, 1.807) is 6.08 Å². The molecule has 0 saturated heterocycles. The van der Waals surface area contributed by atoms with Gasteiger partial charge in [0.2, 0.25) is 0 Å². The van der Waals surface area contributed by atoms with Crippen molar-refractivity contribution in [1.29, 1.82) is 0 Å².